The minimum atomic E-state index is -0.417. The maximum Gasteiger partial charge on any atom is 4.00 e. The summed E-state index contributed by atoms with van der Waals surface area (Å²) in [6, 6.07) is 10.6. The summed E-state index contributed by atoms with van der Waals surface area (Å²) in [6.07, 6.45) is 2.40. The molecule has 136 valence electrons. The molecule has 2 aromatic rings. The Balaban J connectivity index is -0.000000270. The third-order valence-corrected chi connectivity index (χ3v) is 1.75. The van der Waals surface area contributed by atoms with Gasteiger partial charge in [-0.05, 0) is 24.3 Å². The number of pyridine rings is 2. The first-order valence-electron chi connectivity index (χ1n) is 7.61. The monoisotopic (exact) mass is 382 g/mol. The second kappa shape index (κ2) is 20.9. The first-order valence-corrected chi connectivity index (χ1v) is 7.61. The topological polar surface area (TPSA) is 118 Å². The first kappa shape index (κ1) is 28.6. The molecule has 0 aliphatic rings. The number of rotatable bonds is 2. The van der Waals surface area contributed by atoms with Gasteiger partial charge in [-0.3, -0.25) is 9.97 Å². The van der Waals surface area contributed by atoms with Crippen LogP contribution in [0.15, 0.2) is 48.8 Å². The summed E-state index contributed by atoms with van der Waals surface area (Å²) < 4.78 is 0. The van der Waals surface area contributed by atoms with Gasteiger partial charge in [-0.2, -0.15) is 0 Å². The Morgan fingerprint density at radius 1 is 0.720 bits per heavy atom. The molecule has 0 fully saturated rings. The molecular weight excluding hydrogens is 356 g/mol. The Morgan fingerprint density at radius 2 is 1.00 bits per heavy atom. The average Bonchev–Trinajstić information content (AvgIpc) is 2.56. The van der Waals surface area contributed by atoms with Crippen molar-refractivity contribution in [2.24, 2.45) is 0 Å². The van der Waals surface area contributed by atoms with E-state index in [4.69, 9.17) is 0 Å². The summed E-state index contributed by atoms with van der Waals surface area (Å²) in [5.41, 5.74) is 1.21. The van der Waals surface area contributed by atoms with Crippen molar-refractivity contribution in [2.75, 3.05) is 0 Å². The number of hydrogen-bond donors (Lipinski definition) is 0. The average molecular weight is 382 g/mol. The zero-order valence-electron chi connectivity index (χ0n) is 15.2. The van der Waals surface area contributed by atoms with Crippen LogP contribution in [0.5, 0.6) is 0 Å². The van der Waals surface area contributed by atoms with Gasteiger partial charge in [0.2, 0.25) is 0 Å². The van der Waals surface area contributed by atoms with Crippen LogP contribution in [0.25, 0.3) is 0 Å². The molecule has 0 atom stereocenters. The van der Waals surface area contributed by atoms with E-state index in [0.717, 1.165) is 0 Å². The molecule has 2 heterocycles. The molecule has 0 radical (unpaired) electrons. The van der Waals surface area contributed by atoms with Crippen molar-refractivity contribution in [2.45, 2.75) is 53.1 Å². The van der Waals surface area contributed by atoms with Gasteiger partial charge >= 0.3 is 21.7 Å². The molecule has 0 unspecified atom stereocenters. The van der Waals surface area contributed by atoms with Gasteiger partial charge in [0.15, 0.2) is 0 Å². The van der Waals surface area contributed by atoms with Crippen LogP contribution in [-0.4, -0.2) is 22.2 Å². The Kier molecular flexibility index (Phi) is 23.9. The van der Waals surface area contributed by atoms with Crippen LogP contribution in [0, 0.1) is 0 Å². The summed E-state index contributed by atoms with van der Waals surface area (Å²) in [7, 11) is 0. The minimum Gasteiger partial charge on any atom is -0.852 e. The quantitative estimate of drug-likeness (QED) is 0.640. The van der Waals surface area contributed by atoms with Gasteiger partial charge in [0.1, 0.15) is 0 Å². The van der Waals surface area contributed by atoms with Crippen molar-refractivity contribution in [3.63, 3.8) is 0 Å². The van der Waals surface area contributed by atoms with Crippen LogP contribution >= 0.6 is 0 Å². The van der Waals surface area contributed by atoms with Crippen LogP contribution < -0.4 is 20.4 Å². The summed E-state index contributed by atoms with van der Waals surface area (Å²) >= 11 is 0. The molecule has 7 heteroatoms. The van der Waals surface area contributed by atoms with Gasteiger partial charge < -0.3 is 20.4 Å². The van der Waals surface area contributed by atoms with E-state index in [-0.39, 0.29) is 34.9 Å². The van der Waals surface area contributed by atoms with Gasteiger partial charge in [0.05, 0.1) is 0 Å². The molecule has 0 amide bonds. The van der Waals surface area contributed by atoms with E-state index in [1.54, 1.807) is 76.5 Å². The Hall–Kier alpha value is -1.15. The largest absolute Gasteiger partial charge is 4.00 e. The molecule has 0 bridgehead atoms. The maximum atomic E-state index is 10.1. The smallest absolute Gasteiger partial charge is 0.852 e. The fraction of sp³-hybridized carbons (Fsp3) is 0.444. The van der Waals surface area contributed by atoms with Crippen molar-refractivity contribution in [1.29, 1.82) is 0 Å². The Bertz CT molecular complexity index is 420. The second-order valence-corrected chi connectivity index (χ2v) is 5.03. The van der Waals surface area contributed by atoms with E-state index < -0.39 is 12.2 Å². The minimum absolute atomic E-state index is 0. The molecule has 25 heavy (non-hydrogen) atoms. The fourth-order valence-electron chi connectivity index (χ4n) is 0.967. The normalized spacial score (nSPS) is 8.72. The molecular formula is C18H26N2O4Ti. The standard InChI is InChI=1S/2C6H6NO.2C3H7O.Ti/c2*8-5-6-3-1-2-4-7-6;2*1-3(2)4;/h2*1-4H,5H2;2*3H,1-2H3;/q4*-1;+4. The van der Waals surface area contributed by atoms with Crippen molar-refractivity contribution in [3.8, 4) is 0 Å². The predicted molar refractivity (Wildman–Crippen MR) is 86.2 cm³/mol. The number of hydrogen-bond acceptors (Lipinski definition) is 6. The van der Waals surface area contributed by atoms with E-state index in [1.807, 2.05) is 0 Å². The van der Waals surface area contributed by atoms with Crippen LogP contribution in [0.3, 0.4) is 0 Å². The second-order valence-electron chi connectivity index (χ2n) is 5.03. The van der Waals surface area contributed by atoms with E-state index in [0.29, 0.717) is 11.4 Å². The van der Waals surface area contributed by atoms with Gasteiger partial charge in [-0.25, -0.2) is 0 Å². The van der Waals surface area contributed by atoms with Gasteiger partial charge in [-0.15, -0.1) is 12.2 Å². The van der Waals surface area contributed by atoms with E-state index in [1.165, 1.54) is 0 Å². The summed E-state index contributed by atoms with van der Waals surface area (Å²) in [4.78, 5) is 7.57. The Morgan fingerprint density at radius 3 is 1.12 bits per heavy atom. The van der Waals surface area contributed by atoms with Gasteiger partial charge in [0, 0.05) is 23.8 Å². The van der Waals surface area contributed by atoms with E-state index >= 15 is 0 Å². The van der Waals surface area contributed by atoms with Crippen LogP contribution in [0.1, 0.15) is 39.1 Å². The molecule has 0 aliphatic carbocycles. The van der Waals surface area contributed by atoms with Crippen LogP contribution in [0.2, 0.25) is 0 Å². The molecule has 0 saturated carbocycles. The SMILES string of the molecule is CC(C)[O-].CC(C)[O-].[O-]Cc1ccccn1.[O-]Cc1ccccn1.[Ti+4]. The van der Waals surface area contributed by atoms with Crippen molar-refractivity contribution >= 4 is 0 Å². The molecule has 0 aromatic carbocycles. The summed E-state index contributed by atoms with van der Waals surface area (Å²) in [5, 5.41) is 39.2. The molecule has 2 aromatic heterocycles. The summed E-state index contributed by atoms with van der Waals surface area (Å²) in [6.45, 7) is 6.00. The first-order chi connectivity index (χ1) is 11.3. The summed E-state index contributed by atoms with van der Waals surface area (Å²) in [5.74, 6) is 0. The number of nitrogens with zero attached hydrogens (tertiary/aromatic N) is 2. The molecule has 2 rings (SSSR count). The molecule has 0 spiro atoms. The fourth-order valence-corrected chi connectivity index (χ4v) is 0.967. The van der Waals surface area contributed by atoms with E-state index in [9.17, 15) is 20.4 Å². The van der Waals surface area contributed by atoms with Gasteiger partial charge in [0.25, 0.3) is 0 Å². The third kappa shape index (κ3) is 28.0. The molecule has 0 saturated heterocycles. The molecule has 0 aliphatic heterocycles. The third-order valence-electron chi connectivity index (χ3n) is 1.75. The van der Waals surface area contributed by atoms with Crippen LogP contribution in [-0.2, 0) is 34.9 Å². The van der Waals surface area contributed by atoms with Gasteiger partial charge in [-0.1, -0.05) is 53.0 Å². The zero-order valence-corrected chi connectivity index (χ0v) is 16.8. The zero-order chi connectivity index (χ0) is 18.8. The van der Waals surface area contributed by atoms with Crippen molar-refractivity contribution in [3.05, 3.63) is 60.2 Å². The Labute approximate surface area is 165 Å². The number of aromatic nitrogens is 2. The van der Waals surface area contributed by atoms with Crippen molar-refractivity contribution in [1.82, 2.24) is 9.97 Å². The molecule has 6 nitrogen and oxygen atoms in total. The van der Waals surface area contributed by atoms with E-state index in [2.05, 4.69) is 9.97 Å². The van der Waals surface area contributed by atoms with Crippen molar-refractivity contribution < 1.29 is 42.1 Å². The van der Waals surface area contributed by atoms with Crippen LogP contribution in [0.4, 0.5) is 0 Å². The molecule has 0 N–H and O–H groups in total. The predicted octanol–water partition coefficient (Wildman–Crippen LogP) is -0.608. The maximum absolute atomic E-state index is 10.1.